The summed E-state index contributed by atoms with van der Waals surface area (Å²) >= 11 is 0. The minimum atomic E-state index is -1.18. The van der Waals surface area contributed by atoms with Crippen LogP contribution in [0.3, 0.4) is 0 Å². The van der Waals surface area contributed by atoms with Gasteiger partial charge in [-0.2, -0.15) is 0 Å². The molecule has 1 aromatic carbocycles. The Labute approximate surface area is 146 Å². The van der Waals surface area contributed by atoms with E-state index in [0.717, 1.165) is 0 Å². The Hall–Kier alpha value is -2.16. The smallest absolute Gasteiger partial charge is 0.319 e. The lowest BCUT2D eigenvalue weighted by molar-refractivity contribution is -0.125. The number of benzene rings is 1. The van der Waals surface area contributed by atoms with E-state index in [0.29, 0.717) is 5.69 Å². The minimum absolute atomic E-state index is 0.0131. The highest BCUT2D eigenvalue weighted by molar-refractivity contribution is 5.89. The zero-order valence-corrected chi connectivity index (χ0v) is 14.3. The van der Waals surface area contributed by atoms with Crippen LogP contribution in [0, 0.1) is 0 Å². The van der Waals surface area contributed by atoms with E-state index in [2.05, 4.69) is 16.0 Å². The SMILES string of the molecule is CC(C)NC(=O)C[C@H]1O[C@H](CNC(=O)Nc2ccccc2)[C@@H](O)[C@H]1O. The van der Waals surface area contributed by atoms with Crippen LogP contribution in [0.15, 0.2) is 30.3 Å². The fourth-order valence-electron chi connectivity index (χ4n) is 2.62. The van der Waals surface area contributed by atoms with Crippen molar-refractivity contribution in [3.8, 4) is 0 Å². The maximum absolute atomic E-state index is 11.9. The van der Waals surface area contributed by atoms with Crippen LogP contribution in [-0.2, 0) is 9.53 Å². The van der Waals surface area contributed by atoms with Crippen molar-refractivity contribution in [1.82, 2.24) is 10.6 Å². The molecule has 138 valence electrons. The highest BCUT2D eigenvalue weighted by atomic mass is 16.5. The lowest BCUT2D eigenvalue weighted by Crippen LogP contribution is -2.41. The summed E-state index contributed by atoms with van der Waals surface area (Å²) in [6.45, 7) is 3.67. The molecular weight excluding hydrogens is 326 g/mol. The number of carbonyl (C=O) groups excluding carboxylic acids is 2. The Morgan fingerprint density at radius 3 is 2.40 bits per heavy atom. The van der Waals surface area contributed by atoms with E-state index in [9.17, 15) is 19.8 Å². The maximum atomic E-state index is 11.9. The summed E-state index contributed by atoms with van der Waals surface area (Å²) in [4.78, 5) is 23.6. The fraction of sp³-hybridized carbons (Fsp3) is 0.529. The first-order valence-corrected chi connectivity index (χ1v) is 8.27. The summed E-state index contributed by atoms with van der Waals surface area (Å²) in [6, 6.07) is 8.45. The van der Waals surface area contributed by atoms with E-state index in [-0.39, 0.29) is 24.9 Å². The van der Waals surface area contributed by atoms with E-state index in [1.54, 1.807) is 24.3 Å². The van der Waals surface area contributed by atoms with Crippen LogP contribution in [0.5, 0.6) is 0 Å². The van der Waals surface area contributed by atoms with Gasteiger partial charge in [0.15, 0.2) is 0 Å². The number of anilines is 1. The van der Waals surface area contributed by atoms with E-state index in [1.807, 2.05) is 19.9 Å². The first-order chi connectivity index (χ1) is 11.9. The molecule has 1 saturated heterocycles. The first-order valence-electron chi connectivity index (χ1n) is 8.27. The van der Waals surface area contributed by atoms with Crippen molar-refractivity contribution < 1.29 is 24.5 Å². The second-order valence-corrected chi connectivity index (χ2v) is 6.32. The molecule has 3 amide bonds. The van der Waals surface area contributed by atoms with Crippen LogP contribution < -0.4 is 16.0 Å². The van der Waals surface area contributed by atoms with Gasteiger partial charge in [0.2, 0.25) is 5.91 Å². The Kier molecular flexibility index (Phi) is 6.74. The lowest BCUT2D eigenvalue weighted by Gasteiger charge is -2.16. The van der Waals surface area contributed by atoms with Crippen LogP contribution in [0.4, 0.5) is 10.5 Å². The molecule has 0 radical (unpaired) electrons. The molecule has 1 heterocycles. The average Bonchev–Trinajstić information content (AvgIpc) is 2.81. The van der Waals surface area contributed by atoms with Crippen LogP contribution in [0.25, 0.3) is 0 Å². The lowest BCUT2D eigenvalue weighted by atomic mass is 10.1. The van der Waals surface area contributed by atoms with Crippen molar-refractivity contribution in [2.24, 2.45) is 0 Å². The average molecular weight is 351 g/mol. The molecule has 1 fully saturated rings. The Bertz CT molecular complexity index is 581. The zero-order valence-electron chi connectivity index (χ0n) is 14.3. The normalized spacial score (nSPS) is 25.6. The molecule has 8 heteroatoms. The predicted molar refractivity (Wildman–Crippen MR) is 92.0 cm³/mol. The molecule has 5 N–H and O–H groups in total. The number of urea groups is 1. The summed E-state index contributed by atoms with van der Waals surface area (Å²) in [5.74, 6) is -0.262. The van der Waals surface area contributed by atoms with Crippen LogP contribution in [-0.4, -0.2) is 59.2 Å². The predicted octanol–water partition coefficient (Wildman–Crippen LogP) is 0.212. The number of nitrogens with one attached hydrogen (secondary N) is 3. The number of hydrogen-bond donors (Lipinski definition) is 5. The first kappa shape index (κ1) is 19.2. The minimum Gasteiger partial charge on any atom is -0.388 e. The second-order valence-electron chi connectivity index (χ2n) is 6.32. The summed E-state index contributed by atoms with van der Waals surface area (Å²) in [5, 5.41) is 28.0. The molecule has 8 nitrogen and oxygen atoms in total. The largest absolute Gasteiger partial charge is 0.388 e. The van der Waals surface area contributed by atoms with Crippen LogP contribution in [0.1, 0.15) is 20.3 Å². The van der Waals surface area contributed by atoms with Gasteiger partial charge >= 0.3 is 6.03 Å². The van der Waals surface area contributed by atoms with E-state index in [1.165, 1.54) is 0 Å². The highest BCUT2D eigenvalue weighted by Gasteiger charge is 2.43. The number of aliphatic hydroxyl groups is 2. The van der Waals surface area contributed by atoms with Crippen molar-refractivity contribution in [2.45, 2.75) is 50.7 Å². The molecule has 2 rings (SSSR count). The number of aliphatic hydroxyl groups excluding tert-OH is 2. The molecule has 0 unspecified atom stereocenters. The van der Waals surface area contributed by atoms with Gasteiger partial charge in [-0.15, -0.1) is 0 Å². The van der Waals surface area contributed by atoms with Gasteiger partial charge in [-0.3, -0.25) is 4.79 Å². The molecule has 0 aromatic heterocycles. The summed E-state index contributed by atoms with van der Waals surface area (Å²) in [5.41, 5.74) is 0.635. The zero-order chi connectivity index (χ0) is 18.4. The fourth-order valence-corrected chi connectivity index (χ4v) is 2.62. The summed E-state index contributed by atoms with van der Waals surface area (Å²) < 4.78 is 5.54. The molecule has 0 bridgehead atoms. The molecule has 0 saturated carbocycles. The third kappa shape index (κ3) is 5.70. The molecule has 0 spiro atoms. The van der Waals surface area contributed by atoms with Crippen LogP contribution >= 0.6 is 0 Å². The van der Waals surface area contributed by atoms with E-state index < -0.39 is 30.4 Å². The number of carbonyl (C=O) groups is 2. The highest BCUT2D eigenvalue weighted by Crippen LogP contribution is 2.23. The molecular formula is C17H25N3O5. The van der Waals surface area contributed by atoms with Gasteiger partial charge in [-0.05, 0) is 26.0 Å². The molecule has 1 aliphatic heterocycles. The van der Waals surface area contributed by atoms with Gasteiger partial charge in [0.1, 0.15) is 18.3 Å². The van der Waals surface area contributed by atoms with Gasteiger partial charge in [0.25, 0.3) is 0 Å². The van der Waals surface area contributed by atoms with Gasteiger partial charge in [-0.1, -0.05) is 18.2 Å². The van der Waals surface area contributed by atoms with Gasteiger partial charge < -0.3 is 30.9 Å². The van der Waals surface area contributed by atoms with Gasteiger partial charge in [0, 0.05) is 18.3 Å². The van der Waals surface area contributed by atoms with E-state index in [4.69, 9.17) is 4.74 Å². The number of para-hydroxylation sites is 1. The number of hydrogen-bond acceptors (Lipinski definition) is 5. The van der Waals surface area contributed by atoms with Crippen LogP contribution in [0.2, 0.25) is 0 Å². The van der Waals surface area contributed by atoms with Crippen molar-refractivity contribution in [3.63, 3.8) is 0 Å². The maximum Gasteiger partial charge on any atom is 0.319 e. The standard InChI is InChI=1S/C17H25N3O5/c1-10(2)19-14(21)8-12-15(22)16(23)13(25-12)9-18-17(24)20-11-6-4-3-5-7-11/h3-7,10,12-13,15-16,22-23H,8-9H2,1-2H3,(H,19,21)(H2,18,20,24)/t12-,13-,15+,16-/m1/s1. The van der Waals surface area contributed by atoms with Crippen molar-refractivity contribution in [2.75, 3.05) is 11.9 Å². The molecule has 0 aliphatic carbocycles. The monoisotopic (exact) mass is 351 g/mol. The molecule has 25 heavy (non-hydrogen) atoms. The Morgan fingerprint density at radius 1 is 1.12 bits per heavy atom. The van der Waals surface area contributed by atoms with Crippen molar-refractivity contribution in [1.29, 1.82) is 0 Å². The molecule has 1 aliphatic rings. The Balaban J connectivity index is 1.80. The second kappa shape index (κ2) is 8.80. The number of amides is 3. The number of rotatable bonds is 6. The van der Waals surface area contributed by atoms with Crippen molar-refractivity contribution in [3.05, 3.63) is 30.3 Å². The van der Waals surface area contributed by atoms with Crippen molar-refractivity contribution >= 4 is 17.6 Å². The topological polar surface area (TPSA) is 120 Å². The third-order valence-corrected chi connectivity index (χ3v) is 3.79. The molecule has 1 aromatic rings. The Morgan fingerprint density at radius 2 is 1.76 bits per heavy atom. The summed E-state index contributed by atoms with van der Waals surface area (Å²) in [6.07, 6.45) is -4.00. The quantitative estimate of drug-likeness (QED) is 0.502. The third-order valence-electron chi connectivity index (χ3n) is 3.79. The number of ether oxygens (including phenoxy) is 1. The molecule has 4 atom stereocenters. The summed E-state index contributed by atoms with van der Waals surface area (Å²) in [7, 11) is 0. The van der Waals surface area contributed by atoms with Gasteiger partial charge in [0.05, 0.1) is 12.5 Å². The van der Waals surface area contributed by atoms with Gasteiger partial charge in [-0.25, -0.2) is 4.79 Å². The van der Waals surface area contributed by atoms with E-state index >= 15 is 0 Å².